The second-order valence-electron chi connectivity index (χ2n) is 7.80. The van der Waals surface area contributed by atoms with Crippen molar-refractivity contribution < 1.29 is 14.6 Å². The zero-order valence-electron chi connectivity index (χ0n) is 17.8. The lowest BCUT2D eigenvalue weighted by Crippen LogP contribution is -2.43. The summed E-state index contributed by atoms with van der Waals surface area (Å²) in [6, 6.07) is 8.47. The van der Waals surface area contributed by atoms with Crippen LogP contribution in [-0.4, -0.2) is 75.1 Å². The van der Waals surface area contributed by atoms with E-state index in [2.05, 4.69) is 34.6 Å². The van der Waals surface area contributed by atoms with E-state index in [1.807, 2.05) is 12.1 Å². The molecular weight excluding hydrogens is 368 g/mol. The van der Waals surface area contributed by atoms with Gasteiger partial charge in [0.05, 0.1) is 39.0 Å². The predicted molar refractivity (Wildman–Crippen MR) is 115 cm³/mol. The minimum absolute atomic E-state index is 0.189. The van der Waals surface area contributed by atoms with Gasteiger partial charge in [-0.05, 0) is 37.5 Å². The highest BCUT2D eigenvalue weighted by molar-refractivity contribution is 5.79. The molecule has 2 fully saturated rings. The van der Waals surface area contributed by atoms with Crippen LogP contribution in [0.4, 0.5) is 0 Å². The number of rotatable bonds is 8. The molecule has 2 aliphatic rings. The van der Waals surface area contributed by atoms with E-state index in [-0.39, 0.29) is 12.1 Å². The van der Waals surface area contributed by atoms with Crippen LogP contribution >= 0.6 is 0 Å². The van der Waals surface area contributed by atoms with Crippen LogP contribution in [0.5, 0.6) is 5.75 Å². The molecule has 0 aromatic heterocycles. The number of aliphatic imine (C=N–C) groups is 1. The molecule has 1 saturated heterocycles. The Bertz CT molecular complexity index is 631. The lowest BCUT2D eigenvalue weighted by atomic mass is 10.0. The Hall–Kier alpha value is -1.83. The van der Waals surface area contributed by atoms with Crippen molar-refractivity contribution >= 4 is 5.96 Å². The number of nitrogens with zero attached hydrogens (tertiary/aromatic N) is 2. The van der Waals surface area contributed by atoms with Gasteiger partial charge in [-0.2, -0.15) is 0 Å². The van der Waals surface area contributed by atoms with Crippen LogP contribution in [0, 0.1) is 5.92 Å². The van der Waals surface area contributed by atoms with Crippen LogP contribution in [0.25, 0.3) is 0 Å². The third kappa shape index (κ3) is 6.32. The summed E-state index contributed by atoms with van der Waals surface area (Å²) in [6.07, 6.45) is 2.91. The number of nitrogens with one attached hydrogen (secondary N) is 2. The second kappa shape index (κ2) is 11.4. The molecule has 0 bridgehead atoms. The molecular formula is C22H36N4O3. The van der Waals surface area contributed by atoms with Gasteiger partial charge in [0.2, 0.25) is 0 Å². The molecule has 162 valence electrons. The summed E-state index contributed by atoms with van der Waals surface area (Å²) in [5, 5.41) is 16.9. The molecule has 1 aliphatic heterocycles. The largest absolute Gasteiger partial charge is 0.497 e. The van der Waals surface area contributed by atoms with Gasteiger partial charge in [0, 0.05) is 32.1 Å². The Labute approximate surface area is 174 Å². The van der Waals surface area contributed by atoms with Gasteiger partial charge in [0.25, 0.3) is 0 Å². The van der Waals surface area contributed by atoms with Crippen LogP contribution in [0.2, 0.25) is 0 Å². The average molecular weight is 405 g/mol. The summed E-state index contributed by atoms with van der Waals surface area (Å²) in [4.78, 5) is 7.34. The van der Waals surface area contributed by atoms with Crippen LogP contribution in [-0.2, 0) is 4.74 Å². The Morgan fingerprint density at radius 3 is 2.62 bits per heavy atom. The highest BCUT2D eigenvalue weighted by atomic mass is 16.5. The van der Waals surface area contributed by atoms with E-state index in [0.29, 0.717) is 12.5 Å². The van der Waals surface area contributed by atoms with Gasteiger partial charge in [-0.1, -0.05) is 18.6 Å². The van der Waals surface area contributed by atoms with Gasteiger partial charge in [-0.15, -0.1) is 0 Å². The standard InChI is InChI=1S/C22H36N4O3/c1-3-23-22(24-15-18-5-4-6-21(18)27)25-16-20(26-11-13-29-14-12-26)17-7-9-19(28-2)10-8-17/h7-10,18,20-21,27H,3-6,11-16H2,1-2H3,(H2,23,24,25). The van der Waals surface area contributed by atoms with Gasteiger partial charge in [-0.25, -0.2) is 0 Å². The molecule has 29 heavy (non-hydrogen) atoms. The van der Waals surface area contributed by atoms with Crippen LogP contribution in [0.1, 0.15) is 37.8 Å². The molecule has 1 aromatic rings. The molecule has 7 heteroatoms. The van der Waals surface area contributed by atoms with E-state index in [1.54, 1.807) is 7.11 Å². The van der Waals surface area contributed by atoms with Crippen molar-refractivity contribution in [3.8, 4) is 5.75 Å². The zero-order valence-corrected chi connectivity index (χ0v) is 17.8. The van der Waals surface area contributed by atoms with Crippen molar-refractivity contribution in [1.29, 1.82) is 0 Å². The molecule has 0 amide bonds. The van der Waals surface area contributed by atoms with Crippen molar-refractivity contribution in [2.75, 3.05) is 53.0 Å². The smallest absolute Gasteiger partial charge is 0.191 e. The number of hydrogen-bond acceptors (Lipinski definition) is 5. The van der Waals surface area contributed by atoms with Crippen LogP contribution < -0.4 is 15.4 Å². The molecule has 0 spiro atoms. The number of aliphatic hydroxyl groups excluding tert-OH is 1. The first kappa shape index (κ1) is 21.9. The number of ether oxygens (including phenoxy) is 2. The summed E-state index contributed by atoms with van der Waals surface area (Å²) < 4.78 is 10.9. The van der Waals surface area contributed by atoms with Gasteiger partial charge in [-0.3, -0.25) is 9.89 Å². The van der Waals surface area contributed by atoms with E-state index < -0.39 is 0 Å². The normalized spacial score (nSPS) is 24.3. The minimum Gasteiger partial charge on any atom is -0.497 e. The first-order valence-corrected chi connectivity index (χ1v) is 10.9. The Balaban J connectivity index is 1.69. The maximum atomic E-state index is 10.1. The van der Waals surface area contributed by atoms with Crippen molar-refractivity contribution in [3.63, 3.8) is 0 Å². The van der Waals surface area contributed by atoms with Gasteiger partial charge in [0.1, 0.15) is 5.75 Å². The molecule has 7 nitrogen and oxygen atoms in total. The Morgan fingerprint density at radius 1 is 1.24 bits per heavy atom. The first-order valence-electron chi connectivity index (χ1n) is 10.9. The average Bonchev–Trinajstić information content (AvgIpc) is 3.18. The number of aliphatic hydroxyl groups is 1. The fourth-order valence-electron chi connectivity index (χ4n) is 4.15. The Kier molecular flexibility index (Phi) is 8.58. The minimum atomic E-state index is -0.189. The number of methoxy groups -OCH3 is 1. The molecule has 3 atom stereocenters. The highest BCUT2D eigenvalue weighted by Crippen LogP contribution is 2.25. The first-order chi connectivity index (χ1) is 14.2. The molecule has 1 heterocycles. The topological polar surface area (TPSA) is 78.4 Å². The maximum absolute atomic E-state index is 10.1. The highest BCUT2D eigenvalue weighted by Gasteiger charge is 2.26. The fourth-order valence-corrected chi connectivity index (χ4v) is 4.15. The van der Waals surface area contributed by atoms with Crippen LogP contribution in [0.15, 0.2) is 29.3 Å². The maximum Gasteiger partial charge on any atom is 0.191 e. The molecule has 1 saturated carbocycles. The lowest BCUT2D eigenvalue weighted by molar-refractivity contribution is 0.0179. The number of hydrogen-bond donors (Lipinski definition) is 3. The van der Waals surface area contributed by atoms with E-state index in [0.717, 1.165) is 70.4 Å². The van der Waals surface area contributed by atoms with Crippen LogP contribution in [0.3, 0.4) is 0 Å². The summed E-state index contributed by atoms with van der Waals surface area (Å²) in [6.45, 7) is 7.64. The van der Waals surface area contributed by atoms with Gasteiger partial charge < -0.3 is 25.2 Å². The molecule has 0 radical (unpaired) electrons. The van der Waals surface area contributed by atoms with E-state index in [9.17, 15) is 5.11 Å². The summed E-state index contributed by atoms with van der Waals surface area (Å²) in [5.41, 5.74) is 1.23. The van der Waals surface area contributed by atoms with E-state index >= 15 is 0 Å². The number of benzene rings is 1. The van der Waals surface area contributed by atoms with Crippen molar-refractivity contribution in [3.05, 3.63) is 29.8 Å². The monoisotopic (exact) mass is 404 g/mol. The molecule has 3 N–H and O–H groups in total. The second-order valence-corrected chi connectivity index (χ2v) is 7.80. The summed E-state index contributed by atoms with van der Waals surface area (Å²) >= 11 is 0. The third-order valence-electron chi connectivity index (χ3n) is 5.90. The number of morpholine rings is 1. The number of guanidine groups is 1. The van der Waals surface area contributed by atoms with E-state index in [4.69, 9.17) is 14.5 Å². The third-order valence-corrected chi connectivity index (χ3v) is 5.90. The zero-order chi connectivity index (χ0) is 20.5. The molecule has 1 aliphatic carbocycles. The molecule has 3 rings (SSSR count). The van der Waals surface area contributed by atoms with Crippen molar-refractivity contribution in [2.24, 2.45) is 10.9 Å². The quantitative estimate of drug-likeness (QED) is 0.453. The van der Waals surface area contributed by atoms with Gasteiger partial charge in [0.15, 0.2) is 5.96 Å². The molecule has 1 aromatic carbocycles. The lowest BCUT2D eigenvalue weighted by Gasteiger charge is -2.34. The van der Waals surface area contributed by atoms with Crippen molar-refractivity contribution in [1.82, 2.24) is 15.5 Å². The van der Waals surface area contributed by atoms with Gasteiger partial charge >= 0.3 is 0 Å². The summed E-state index contributed by atoms with van der Waals surface area (Å²) in [7, 11) is 1.69. The predicted octanol–water partition coefficient (Wildman–Crippen LogP) is 1.78. The SMILES string of the molecule is CCNC(=NCC(c1ccc(OC)cc1)N1CCOCC1)NCC1CCCC1O. The fraction of sp³-hybridized carbons (Fsp3) is 0.682. The molecule has 3 unspecified atom stereocenters. The summed E-state index contributed by atoms with van der Waals surface area (Å²) in [5.74, 6) is 2.00. The Morgan fingerprint density at radius 2 is 2.00 bits per heavy atom. The van der Waals surface area contributed by atoms with E-state index in [1.165, 1.54) is 5.56 Å². The van der Waals surface area contributed by atoms with Crippen molar-refractivity contribution in [2.45, 2.75) is 38.3 Å².